The van der Waals surface area contributed by atoms with Gasteiger partial charge in [-0.2, -0.15) is 0 Å². The Morgan fingerprint density at radius 3 is 2.03 bits per heavy atom. The van der Waals surface area contributed by atoms with E-state index in [9.17, 15) is 23.6 Å². The van der Waals surface area contributed by atoms with Gasteiger partial charge in [0.15, 0.2) is 0 Å². The van der Waals surface area contributed by atoms with E-state index in [1.807, 2.05) is 48.5 Å². The van der Waals surface area contributed by atoms with Gasteiger partial charge in [0.1, 0.15) is 19.0 Å². The van der Waals surface area contributed by atoms with Gasteiger partial charge in [-0.25, -0.2) is 14.0 Å². The zero-order chi connectivity index (χ0) is 25.9. The molecule has 1 saturated heterocycles. The first-order valence-corrected chi connectivity index (χ1v) is 11.8. The van der Waals surface area contributed by atoms with Gasteiger partial charge in [-0.15, -0.1) is 5.06 Å². The molecule has 0 saturated carbocycles. The first-order valence-electron chi connectivity index (χ1n) is 11.8. The van der Waals surface area contributed by atoms with E-state index in [2.05, 4.69) is 0 Å². The number of ether oxygens (including phenoxy) is 1. The Balaban J connectivity index is 1.31. The quantitative estimate of drug-likeness (QED) is 0.450. The summed E-state index contributed by atoms with van der Waals surface area (Å²) in [6.45, 7) is -0.621. The zero-order valence-corrected chi connectivity index (χ0v) is 19.8. The molecular weight excluding hydrogens is 479 g/mol. The molecule has 3 amide bonds. The predicted octanol–water partition coefficient (Wildman–Crippen LogP) is 4.18. The molecule has 0 radical (unpaired) electrons. The van der Waals surface area contributed by atoms with Crippen molar-refractivity contribution in [3.8, 4) is 11.1 Å². The number of halogens is 1. The summed E-state index contributed by atoms with van der Waals surface area (Å²) in [7, 11) is 0. The van der Waals surface area contributed by atoms with Gasteiger partial charge < -0.3 is 9.57 Å². The van der Waals surface area contributed by atoms with Crippen LogP contribution in [-0.4, -0.2) is 47.0 Å². The summed E-state index contributed by atoms with van der Waals surface area (Å²) in [6.07, 6.45) is -0.877. The van der Waals surface area contributed by atoms with E-state index in [1.54, 1.807) is 0 Å². The molecule has 0 bridgehead atoms. The van der Waals surface area contributed by atoms with Crippen LogP contribution in [0.25, 0.3) is 11.1 Å². The number of imide groups is 1. The minimum absolute atomic E-state index is 0.0327. The lowest BCUT2D eigenvalue weighted by Gasteiger charge is -2.23. The average Bonchev–Trinajstić information content (AvgIpc) is 3.40. The number of hydroxylamine groups is 2. The second-order valence-corrected chi connectivity index (χ2v) is 8.83. The molecule has 2 aliphatic rings. The number of nitrogens with zero attached hydrogens (tertiary/aromatic N) is 2. The van der Waals surface area contributed by atoms with E-state index in [-0.39, 0.29) is 31.9 Å². The summed E-state index contributed by atoms with van der Waals surface area (Å²) in [4.78, 5) is 55.4. The highest BCUT2D eigenvalue weighted by molar-refractivity contribution is 6.01. The molecule has 0 N–H and O–H groups in total. The molecule has 8 nitrogen and oxygen atoms in total. The van der Waals surface area contributed by atoms with Gasteiger partial charge in [-0.05, 0) is 39.9 Å². The maximum Gasteiger partial charge on any atom is 0.410 e. The fourth-order valence-corrected chi connectivity index (χ4v) is 4.62. The highest BCUT2D eigenvalue weighted by atomic mass is 19.1. The molecule has 1 heterocycles. The number of fused-ring (bicyclic) bond motifs is 3. The molecule has 1 aliphatic heterocycles. The Morgan fingerprint density at radius 2 is 1.43 bits per heavy atom. The molecule has 0 spiro atoms. The van der Waals surface area contributed by atoms with E-state index >= 15 is 0 Å². The van der Waals surface area contributed by atoms with Crippen molar-refractivity contribution in [2.45, 2.75) is 25.3 Å². The molecule has 0 unspecified atom stereocenters. The van der Waals surface area contributed by atoms with Crippen LogP contribution in [0.4, 0.5) is 9.18 Å². The third kappa shape index (κ3) is 5.06. The Hall–Kier alpha value is -4.53. The number of carbonyl (C=O) groups excluding carboxylic acids is 4. The third-order valence-electron chi connectivity index (χ3n) is 6.40. The second kappa shape index (κ2) is 10.2. The van der Waals surface area contributed by atoms with Crippen LogP contribution in [0.15, 0.2) is 72.8 Å². The van der Waals surface area contributed by atoms with Crippen LogP contribution in [0.1, 0.15) is 35.4 Å². The van der Waals surface area contributed by atoms with E-state index in [1.165, 1.54) is 24.3 Å². The van der Waals surface area contributed by atoms with Crippen molar-refractivity contribution < 1.29 is 33.1 Å². The number of carbonyl (C=O) groups is 4. The summed E-state index contributed by atoms with van der Waals surface area (Å²) in [6, 6.07) is 21.2. The van der Waals surface area contributed by atoms with E-state index in [0.717, 1.165) is 27.2 Å². The molecular formula is C28H23FN2O6. The molecule has 1 aliphatic carbocycles. The SMILES string of the molecule is O=C(CN(Cc1ccc(F)cc1)C(=O)OCC1c2ccccc2-c2ccccc21)ON1C(=O)CCC1=O. The topological polar surface area (TPSA) is 93.2 Å². The lowest BCUT2D eigenvalue weighted by molar-refractivity contribution is -0.197. The molecule has 37 heavy (non-hydrogen) atoms. The highest BCUT2D eigenvalue weighted by Gasteiger charge is 2.34. The number of rotatable bonds is 7. The molecule has 3 aromatic carbocycles. The Kier molecular flexibility index (Phi) is 6.68. The van der Waals surface area contributed by atoms with E-state index < -0.39 is 36.2 Å². The predicted molar refractivity (Wildman–Crippen MR) is 129 cm³/mol. The maximum atomic E-state index is 13.4. The minimum Gasteiger partial charge on any atom is -0.448 e. The summed E-state index contributed by atoms with van der Waals surface area (Å²) in [5.74, 6) is -2.84. The van der Waals surface area contributed by atoms with Crippen LogP contribution < -0.4 is 0 Å². The Morgan fingerprint density at radius 1 is 0.865 bits per heavy atom. The van der Waals surface area contributed by atoms with Crippen molar-refractivity contribution in [2.24, 2.45) is 0 Å². The summed E-state index contributed by atoms with van der Waals surface area (Å²) < 4.78 is 19.0. The van der Waals surface area contributed by atoms with E-state index in [4.69, 9.17) is 9.57 Å². The third-order valence-corrected chi connectivity index (χ3v) is 6.40. The Bertz CT molecular complexity index is 1310. The van der Waals surface area contributed by atoms with Crippen molar-refractivity contribution in [3.63, 3.8) is 0 Å². The maximum absolute atomic E-state index is 13.4. The van der Waals surface area contributed by atoms with Crippen LogP contribution in [0.3, 0.4) is 0 Å². The smallest absolute Gasteiger partial charge is 0.410 e. The van der Waals surface area contributed by atoms with E-state index in [0.29, 0.717) is 10.6 Å². The lowest BCUT2D eigenvalue weighted by atomic mass is 9.98. The minimum atomic E-state index is -0.973. The normalized spacial score (nSPS) is 14.4. The van der Waals surface area contributed by atoms with Gasteiger partial charge >= 0.3 is 12.1 Å². The van der Waals surface area contributed by atoms with Gasteiger partial charge in [0.25, 0.3) is 11.8 Å². The van der Waals surface area contributed by atoms with Crippen LogP contribution >= 0.6 is 0 Å². The summed E-state index contributed by atoms with van der Waals surface area (Å²) >= 11 is 0. The number of hydrogen-bond donors (Lipinski definition) is 0. The average molecular weight is 502 g/mol. The standard InChI is InChI=1S/C28H23FN2O6/c29-19-11-9-18(10-12-19)15-30(16-27(34)37-31-25(32)13-14-26(31)33)28(35)36-17-24-22-7-3-1-5-20(22)21-6-2-4-8-23(21)24/h1-12,24H,13-17H2. The van der Waals surface area contributed by atoms with Gasteiger partial charge in [0.05, 0.1) is 0 Å². The van der Waals surface area contributed by atoms with Crippen molar-refractivity contribution in [1.29, 1.82) is 0 Å². The number of hydrogen-bond acceptors (Lipinski definition) is 6. The summed E-state index contributed by atoms with van der Waals surface area (Å²) in [5.41, 5.74) is 4.77. The number of amides is 3. The van der Waals surface area contributed by atoms with Crippen LogP contribution in [0.2, 0.25) is 0 Å². The largest absolute Gasteiger partial charge is 0.448 e. The molecule has 188 valence electrons. The van der Waals surface area contributed by atoms with Crippen molar-refractivity contribution in [1.82, 2.24) is 9.96 Å². The van der Waals surface area contributed by atoms with Gasteiger partial charge in [-0.3, -0.25) is 14.5 Å². The molecule has 9 heteroatoms. The zero-order valence-electron chi connectivity index (χ0n) is 19.8. The van der Waals surface area contributed by atoms with Crippen molar-refractivity contribution >= 4 is 23.9 Å². The van der Waals surface area contributed by atoms with Crippen LogP contribution in [-0.2, 0) is 30.5 Å². The van der Waals surface area contributed by atoms with Gasteiger partial charge in [0, 0.05) is 25.3 Å². The molecule has 1 fully saturated rings. The van der Waals surface area contributed by atoms with Crippen LogP contribution in [0, 0.1) is 5.82 Å². The Labute approximate surface area is 212 Å². The van der Waals surface area contributed by atoms with Gasteiger partial charge in [-0.1, -0.05) is 60.7 Å². The fraction of sp³-hybridized carbons (Fsp3) is 0.214. The highest BCUT2D eigenvalue weighted by Crippen LogP contribution is 2.44. The first kappa shape index (κ1) is 24.2. The molecule has 5 rings (SSSR count). The monoisotopic (exact) mass is 502 g/mol. The fourth-order valence-electron chi connectivity index (χ4n) is 4.62. The second-order valence-electron chi connectivity index (χ2n) is 8.83. The molecule has 0 atom stereocenters. The lowest BCUT2D eigenvalue weighted by Crippen LogP contribution is -2.40. The van der Waals surface area contributed by atoms with Gasteiger partial charge in [0.2, 0.25) is 0 Å². The van der Waals surface area contributed by atoms with Crippen molar-refractivity contribution in [3.05, 3.63) is 95.3 Å². The first-order chi connectivity index (χ1) is 17.9. The summed E-state index contributed by atoms with van der Waals surface area (Å²) in [5, 5.41) is 0.427. The molecule has 3 aromatic rings. The molecule has 0 aromatic heterocycles. The number of benzene rings is 3. The van der Waals surface area contributed by atoms with Crippen molar-refractivity contribution in [2.75, 3.05) is 13.2 Å². The van der Waals surface area contributed by atoms with Crippen LogP contribution in [0.5, 0.6) is 0 Å².